The predicted molar refractivity (Wildman–Crippen MR) is 80.4 cm³/mol. The Balaban J connectivity index is 1.59. The van der Waals surface area contributed by atoms with E-state index >= 15 is 0 Å². The van der Waals surface area contributed by atoms with E-state index in [2.05, 4.69) is 19.9 Å². The number of hydrogen-bond donors (Lipinski definition) is 2. The zero-order valence-corrected chi connectivity index (χ0v) is 12.6. The highest BCUT2D eigenvalue weighted by Crippen LogP contribution is 2.38. The number of piperidine rings is 1. The summed E-state index contributed by atoms with van der Waals surface area (Å²) in [7, 11) is -3.87. The van der Waals surface area contributed by atoms with Gasteiger partial charge in [0.1, 0.15) is 12.1 Å². The Morgan fingerprint density at radius 1 is 1.29 bits per heavy atom. The Hall–Kier alpha value is -1.30. The van der Waals surface area contributed by atoms with Crippen molar-refractivity contribution in [1.82, 2.24) is 9.97 Å². The third kappa shape index (κ3) is 3.48. The first-order chi connectivity index (χ1) is 10.0. The first-order valence-electron chi connectivity index (χ1n) is 7.19. The van der Waals surface area contributed by atoms with Gasteiger partial charge in [0.15, 0.2) is 5.82 Å². The fourth-order valence-electron chi connectivity index (χ4n) is 2.97. The summed E-state index contributed by atoms with van der Waals surface area (Å²) in [5.74, 6) is 2.12. The number of aromatic nitrogens is 2. The van der Waals surface area contributed by atoms with Gasteiger partial charge in [0.05, 0.1) is 6.16 Å². The summed E-state index contributed by atoms with van der Waals surface area (Å²) in [6, 6.07) is 0. The SMILES string of the molecule is O=P(O)(O)CCC1CCN(c2ncnc3c2CC=N3)CC1. The molecule has 0 amide bonds. The number of aliphatic imine (C=N–C) groups is 1. The third-order valence-corrected chi connectivity index (χ3v) is 4.99. The van der Waals surface area contributed by atoms with Crippen LogP contribution in [0.1, 0.15) is 24.8 Å². The van der Waals surface area contributed by atoms with Gasteiger partial charge < -0.3 is 14.7 Å². The van der Waals surface area contributed by atoms with Crippen LogP contribution in [0.5, 0.6) is 0 Å². The molecule has 2 aliphatic heterocycles. The van der Waals surface area contributed by atoms with Gasteiger partial charge in [0.2, 0.25) is 0 Å². The summed E-state index contributed by atoms with van der Waals surface area (Å²) in [4.78, 5) is 32.9. The summed E-state index contributed by atoms with van der Waals surface area (Å²) in [6.45, 7) is 1.74. The second-order valence-electron chi connectivity index (χ2n) is 5.62. The number of fused-ring (bicyclic) bond motifs is 1. The molecule has 1 saturated heterocycles. The molecule has 3 heterocycles. The molecule has 0 unspecified atom stereocenters. The minimum Gasteiger partial charge on any atom is -0.356 e. The van der Waals surface area contributed by atoms with Crippen molar-refractivity contribution in [2.45, 2.75) is 25.7 Å². The molecular formula is C13H19N4O3P. The molecule has 21 heavy (non-hydrogen) atoms. The molecule has 0 atom stereocenters. The van der Waals surface area contributed by atoms with Gasteiger partial charge in [-0.3, -0.25) is 4.57 Å². The molecule has 3 rings (SSSR count). The minimum absolute atomic E-state index is 0.00554. The molecule has 1 fully saturated rings. The van der Waals surface area contributed by atoms with Crippen molar-refractivity contribution >= 4 is 25.4 Å². The van der Waals surface area contributed by atoms with Crippen LogP contribution in [0, 0.1) is 5.92 Å². The predicted octanol–water partition coefficient (Wildman–Crippen LogP) is 1.52. The summed E-state index contributed by atoms with van der Waals surface area (Å²) < 4.78 is 10.9. The van der Waals surface area contributed by atoms with Crippen molar-refractivity contribution in [2.75, 3.05) is 24.2 Å². The molecule has 0 aliphatic carbocycles. The van der Waals surface area contributed by atoms with Crippen molar-refractivity contribution in [2.24, 2.45) is 10.9 Å². The van der Waals surface area contributed by atoms with Crippen LogP contribution in [0.25, 0.3) is 0 Å². The Kier molecular flexibility index (Phi) is 4.06. The molecule has 114 valence electrons. The summed E-state index contributed by atoms with van der Waals surface area (Å²) in [5.41, 5.74) is 1.09. The van der Waals surface area contributed by atoms with Crippen LogP contribution < -0.4 is 4.90 Å². The zero-order valence-electron chi connectivity index (χ0n) is 11.7. The second kappa shape index (κ2) is 5.83. The molecular weight excluding hydrogens is 291 g/mol. The van der Waals surface area contributed by atoms with E-state index in [0.29, 0.717) is 12.3 Å². The average Bonchev–Trinajstić information content (AvgIpc) is 2.93. The maximum atomic E-state index is 10.9. The minimum atomic E-state index is -3.87. The van der Waals surface area contributed by atoms with E-state index in [0.717, 1.165) is 49.6 Å². The fourth-order valence-corrected chi connectivity index (χ4v) is 3.67. The van der Waals surface area contributed by atoms with Crippen LogP contribution in [0.4, 0.5) is 11.6 Å². The summed E-state index contributed by atoms with van der Waals surface area (Å²) in [6.07, 6.45) is 6.67. The van der Waals surface area contributed by atoms with Crippen LogP contribution in [0.3, 0.4) is 0 Å². The standard InChI is InChI=1S/C13H19N4O3P/c18-21(19,20)8-4-10-2-6-17(7-3-10)13-11-1-5-14-12(11)15-9-16-13/h5,9-10H,1-4,6-8H2,(H2,18,19,20). The van der Waals surface area contributed by atoms with Gasteiger partial charge in [0, 0.05) is 31.3 Å². The fraction of sp³-hybridized carbons (Fsp3) is 0.615. The second-order valence-corrected chi connectivity index (χ2v) is 7.40. The van der Waals surface area contributed by atoms with E-state index < -0.39 is 7.60 Å². The van der Waals surface area contributed by atoms with Crippen molar-refractivity contribution in [3.8, 4) is 0 Å². The first kappa shape index (κ1) is 14.6. The van der Waals surface area contributed by atoms with Crippen molar-refractivity contribution in [3.63, 3.8) is 0 Å². The van der Waals surface area contributed by atoms with Gasteiger partial charge in [0.25, 0.3) is 0 Å². The van der Waals surface area contributed by atoms with E-state index in [1.54, 1.807) is 6.33 Å². The van der Waals surface area contributed by atoms with Crippen molar-refractivity contribution < 1.29 is 14.4 Å². The third-order valence-electron chi connectivity index (χ3n) is 4.15. The van der Waals surface area contributed by atoms with Gasteiger partial charge in [-0.25, -0.2) is 15.0 Å². The number of anilines is 1. The van der Waals surface area contributed by atoms with Gasteiger partial charge in [-0.15, -0.1) is 0 Å². The molecule has 1 aromatic rings. The Bertz CT molecular complexity index is 593. The molecule has 0 bridgehead atoms. The smallest absolute Gasteiger partial charge is 0.325 e. The molecule has 8 heteroatoms. The summed E-state index contributed by atoms with van der Waals surface area (Å²) in [5, 5.41) is 0. The summed E-state index contributed by atoms with van der Waals surface area (Å²) >= 11 is 0. The molecule has 0 saturated carbocycles. The Labute approximate surface area is 123 Å². The van der Waals surface area contributed by atoms with Crippen LogP contribution in [0.15, 0.2) is 11.3 Å². The lowest BCUT2D eigenvalue weighted by atomic mass is 9.94. The number of nitrogens with zero attached hydrogens (tertiary/aromatic N) is 4. The molecule has 0 radical (unpaired) electrons. The first-order valence-corrected chi connectivity index (χ1v) is 8.98. The lowest BCUT2D eigenvalue weighted by molar-refractivity contribution is 0.350. The highest BCUT2D eigenvalue weighted by Gasteiger charge is 2.25. The van der Waals surface area contributed by atoms with Gasteiger partial charge in [-0.05, 0) is 25.2 Å². The Morgan fingerprint density at radius 2 is 2.05 bits per heavy atom. The molecule has 7 nitrogen and oxygen atoms in total. The van der Waals surface area contributed by atoms with E-state index in [9.17, 15) is 4.57 Å². The molecule has 1 aromatic heterocycles. The lowest BCUT2D eigenvalue weighted by Crippen LogP contribution is -2.35. The van der Waals surface area contributed by atoms with Crippen molar-refractivity contribution in [3.05, 3.63) is 11.9 Å². The molecule has 0 aromatic carbocycles. The Morgan fingerprint density at radius 3 is 2.76 bits per heavy atom. The van der Waals surface area contributed by atoms with Gasteiger partial charge in [-0.1, -0.05) is 0 Å². The maximum Gasteiger partial charge on any atom is 0.325 e. The van der Waals surface area contributed by atoms with Crippen LogP contribution >= 0.6 is 7.60 Å². The lowest BCUT2D eigenvalue weighted by Gasteiger charge is -2.33. The number of rotatable bonds is 4. The molecule has 2 N–H and O–H groups in total. The quantitative estimate of drug-likeness (QED) is 0.818. The van der Waals surface area contributed by atoms with Crippen LogP contribution in [0.2, 0.25) is 0 Å². The average molecular weight is 310 g/mol. The van der Waals surface area contributed by atoms with Crippen LogP contribution in [-0.4, -0.2) is 45.2 Å². The zero-order chi connectivity index (χ0) is 14.9. The molecule has 0 spiro atoms. The van der Waals surface area contributed by atoms with E-state index in [1.165, 1.54) is 0 Å². The van der Waals surface area contributed by atoms with Crippen molar-refractivity contribution in [1.29, 1.82) is 0 Å². The topological polar surface area (TPSA) is 98.9 Å². The van der Waals surface area contributed by atoms with E-state index in [1.807, 2.05) is 6.21 Å². The van der Waals surface area contributed by atoms with Crippen LogP contribution in [-0.2, 0) is 11.0 Å². The van der Waals surface area contributed by atoms with E-state index in [-0.39, 0.29) is 6.16 Å². The normalized spacial score (nSPS) is 19.0. The van der Waals surface area contributed by atoms with Gasteiger partial charge in [-0.2, -0.15) is 0 Å². The highest BCUT2D eigenvalue weighted by molar-refractivity contribution is 7.51. The highest BCUT2D eigenvalue weighted by atomic mass is 31.2. The molecule has 2 aliphatic rings. The largest absolute Gasteiger partial charge is 0.356 e. The monoisotopic (exact) mass is 310 g/mol. The van der Waals surface area contributed by atoms with Gasteiger partial charge >= 0.3 is 7.60 Å². The number of hydrogen-bond acceptors (Lipinski definition) is 5. The van der Waals surface area contributed by atoms with E-state index in [4.69, 9.17) is 9.79 Å². The maximum absolute atomic E-state index is 10.9.